The molecular formula is C14H21N3O2. The number of nitrogens with one attached hydrogen (secondary N) is 1. The summed E-state index contributed by atoms with van der Waals surface area (Å²) in [4.78, 5) is 15.2. The fourth-order valence-corrected chi connectivity index (χ4v) is 1.33. The van der Waals surface area contributed by atoms with Crippen LogP contribution in [-0.4, -0.2) is 35.5 Å². The zero-order valence-corrected chi connectivity index (χ0v) is 11.7. The lowest BCUT2D eigenvalue weighted by Crippen LogP contribution is -2.48. The third-order valence-corrected chi connectivity index (χ3v) is 2.68. The molecule has 0 aromatic heterocycles. The molecule has 1 amide bonds. The number of amidine groups is 1. The van der Waals surface area contributed by atoms with E-state index in [-0.39, 0.29) is 18.2 Å². The summed E-state index contributed by atoms with van der Waals surface area (Å²) >= 11 is 0. The molecule has 1 aliphatic heterocycles. The van der Waals surface area contributed by atoms with Crippen LogP contribution >= 0.6 is 0 Å². The summed E-state index contributed by atoms with van der Waals surface area (Å²) in [5.41, 5.74) is 3.39. The predicted octanol–water partition coefficient (Wildman–Crippen LogP) is 1.92. The van der Waals surface area contributed by atoms with Crippen molar-refractivity contribution in [3.63, 3.8) is 0 Å². The van der Waals surface area contributed by atoms with E-state index in [2.05, 4.69) is 24.3 Å². The van der Waals surface area contributed by atoms with Gasteiger partial charge in [0.1, 0.15) is 12.3 Å². The number of unbranched alkanes of at least 4 members (excludes halogenated alkanes) is 1. The first-order chi connectivity index (χ1) is 9.10. The summed E-state index contributed by atoms with van der Waals surface area (Å²) in [6.07, 6.45) is 2.64. The van der Waals surface area contributed by atoms with Gasteiger partial charge in [-0.25, -0.2) is 0 Å². The quantitative estimate of drug-likeness (QED) is 0.856. The second kappa shape index (κ2) is 7.41. The van der Waals surface area contributed by atoms with Gasteiger partial charge < -0.3 is 5.11 Å². The summed E-state index contributed by atoms with van der Waals surface area (Å²) in [7, 11) is 1.62. The van der Waals surface area contributed by atoms with Gasteiger partial charge in [0.05, 0.1) is 5.56 Å². The number of nitrogens with zero attached hydrogens (tertiary/aromatic N) is 2. The van der Waals surface area contributed by atoms with Gasteiger partial charge in [0, 0.05) is 7.05 Å². The van der Waals surface area contributed by atoms with Crippen LogP contribution in [0.5, 0.6) is 5.75 Å². The maximum absolute atomic E-state index is 11.1. The van der Waals surface area contributed by atoms with Crippen molar-refractivity contribution in [1.29, 1.82) is 0 Å². The molecule has 2 rings (SSSR count). The Bertz CT molecular complexity index is 456. The third kappa shape index (κ3) is 4.28. The van der Waals surface area contributed by atoms with Crippen molar-refractivity contribution in [3.05, 3.63) is 29.8 Å². The molecule has 5 nitrogen and oxygen atoms in total. The van der Waals surface area contributed by atoms with E-state index in [1.165, 1.54) is 17.9 Å². The van der Waals surface area contributed by atoms with Crippen LogP contribution in [-0.2, 0) is 4.79 Å². The van der Waals surface area contributed by atoms with Crippen molar-refractivity contribution in [3.8, 4) is 5.75 Å². The first-order valence-electron chi connectivity index (χ1n) is 6.46. The highest BCUT2D eigenvalue weighted by Crippen LogP contribution is 2.16. The van der Waals surface area contributed by atoms with E-state index in [1.54, 1.807) is 31.3 Å². The molecule has 0 unspecified atom stereocenters. The van der Waals surface area contributed by atoms with E-state index in [1.807, 2.05) is 0 Å². The number of rotatable bonds is 2. The van der Waals surface area contributed by atoms with Crippen LogP contribution in [0, 0.1) is 0 Å². The Hall–Kier alpha value is -2.04. The second-order valence-electron chi connectivity index (χ2n) is 4.25. The fourth-order valence-electron chi connectivity index (χ4n) is 1.33. The SMILES string of the molecule is CCCC.CN1NC(c2ccccc2O)=NCC1=O. The van der Waals surface area contributed by atoms with Crippen molar-refractivity contribution in [2.75, 3.05) is 13.6 Å². The van der Waals surface area contributed by atoms with E-state index in [9.17, 15) is 9.90 Å². The van der Waals surface area contributed by atoms with Crippen LogP contribution in [0.25, 0.3) is 0 Å². The van der Waals surface area contributed by atoms with Crippen LogP contribution in [0.2, 0.25) is 0 Å². The number of hydrogen-bond acceptors (Lipinski definition) is 4. The number of benzene rings is 1. The lowest BCUT2D eigenvalue weighted by molar-refractivity contribution is -0.130. The molecule has 1 aliphatic rings. The summed E-state index contributed by atoms with van der Waals surface area (Å²) in [6, 6.07) is 6.85. The van der Waals surface area contributed by atoms with Crippen LogP contribution in [0.15, 0.2) is 29.3 Å². The van der Waals surface area contributed by atoms with E-state index in [0.717, 1.165) is 0 Å². The number of hydrogen-bond donors (Lipinski definition) is 2. The first-order valence-corrected chi connectivity index (χ1v) is 6.46. The largest absolute Gasteiger partial charge is 0.507 e. The molecule has 104 valence electrons. The Morgan fingerprint density at radius 3 is 2.47 bits per heavy atom. The predicted molar refractivity (Wildman–Crippen MR) is 76.0 cm³/mol. The minimum Gasteiger partial charge on any atom is -0.507 e. The molecule has 0 bridgehead atoms. The van der Waals surface area contributed by atoms with Crippen LogP contribution in [0.3, 0.4) is 0 Å². The highest BCUT2D eigenvalue weighted by atomic mass is 16.3. The maximum atomic E-state index is 11.1. The monoisotopic (exact) mass is 263 g/mol. The minimum atomic E-state index is -0.103. The minimum absolute atomic E-state index is 0.103. The average Bonchev–Trinajstić information content (AvgIpc) is 2.43. The lowest BCUT2D eigenvalue weighted by Gasteiger charge is -2.24. The maximum Gasteiger partial charge on any atom is 0.262 e. The van der Waals surface area contributed by atoms with Crippen molar-refractivity contribution in [2.24, 2.45) is 4.99 Å². The standard InChI is InChI=1S/C10H11N3O2.C4H10/c1-13-9(15)6-11-10(12-13)7-4-2-3-5-8(7)14;1-3-4-2/h2-5,14H,6H2,1H3,(H,11,12);3-4H2,1-2H3. The Kier molecular flexibility index (Phi) is 5.85. The average molecular weight is 263 g/mol. The van der Waals surface area contributed by atoms with Gasteiger partial charge in [-0.1, -0.05) is 38.8 Å². The Morgan fingerprint density at radius 1 is 1.32 bits per heavy atom. The van der Waals surface area contributed by atoms with Gasteiger partial charge in [0.2, 0.25) is 0 Å². The van der Waals surface area contributed by atoms with Gasteiger partial charge in [0.15, 0.2) is 5.84 Å². The number of para-hydroxylation sites is 1. The van der Waals surface area contributed by atoms with Gasteiger partial charge in [-0.3, -0.25) is 20.2 Å². The molecule has 1 aromatic rings. The Balaban J connectivity index is 0.000000399. The molecule has 0 radical (unpaired) electrons. The second-order valence-corrected chi connectivity index (χ2v) is 4.25. The molecule has 0 saturated heterocycles. The summed E-state index contributed by atoms with van der Waals surface area (Å²) < 4.78 is 0. The molecular weight excluding hydrogens is 242 g/mol. The van der Waals surface area contributed by atoms with E-state index in [0.29, 0.717) is 11.4 Å². The number of carbonyl (C=O) groups excluding carboxylic acids is 1. The topological polar surface area (TPSA) is 64.9 Å². The number of carbonyl (C=O) groups is 1. The van der Waals surface area contributed by atoms with Crippen LogP contribution in [0.4, 0.5) is 0 Å². The summed E-state index contributed by atoms with van der Waals surface area (Å²) in [5, 5.41) is 10.9. The molecule has 19 heavy (non-hydrogen) atoms. The van der Waals surface area contributed by atoms with Gasteiger partial charge in [-0.15, -0.1) is 0 Å². The van der Waals surface area contributed by atoms with Gasteiger partial charge >= 0.3 is 0 Å². The molecule has 2 N–H and O–H groups in total. The normalized spacial score (nSPS) is 14.2. The Labute approximate surface area is 113 Å². The van der Waals surface area contributed by atoms with E-state index >= 15 is 0 Å². The molecule has 0 spiro atoms. The third-order valence-electron chi connectivity index (χ3n) is 2.68. The molecule has 5 heteroatoms. The van der Waals surface area contributed by atoms with Crippen molar-refractivity contribution < 1.29 is 9.90 Å². The summed E-state index contributed by atoms with van der Waals surface area (Å²) in [5.74, 6) is 0.552. The van der Waals surface area contributed by atoms with Crippen molar-refractivity contribution in [2.45, 2.75) is 26.7 Å². The smallest absolute Gasteiger partial charge is 0.262 e. The number of likely N-dealkylation sites (N-methyl/N-ethyl adjacent to an activating group) is 1. The number of phenolic OH excluding ortho intramolecular Hbond substituents is 1. The highest BCUT2D eigenvalue weighted by molar-refractivity contribution is 6.04. The number of aliphatic imine (C=N–C) groups is 1. The zero-order chi connectivity index (χ0) is 14.3. The molecule has 1 heterocycles. The molecule has 1 aromatic carbocycles. The van der Waals surface area contributed by atoms with E-state index < -0.39 is 0 Å². The van der Waals surface area contributed by atoms with Gasteiger partial charge in [-0.2, -0.15) is 0 Å². The Morgan fingerprint density at radius 2 is 1.95 bits per heavy atom. The number of amides is 1. The molecule has 0 aliphatic carbocycles. The highest BCUT2D eigenvalue weighted by Gasteiger charge is 2.18. The first kappa shape index (κ1) is 15.0. The lowest BCUT2D eigenvalue weighted by atomic mass is 10.2. The van der Waals surface area contributed by atoms with Crippen LogP contribution < -0.4 is 5.43 Å². The zero-order valence-electron chi connectivity index (χ0n) is 11.7. The molecule has 0 fully saturated rings. The van der Waals surface area contributed by atoms with Gasteiger partial charge in [0.25, 0.3) is 5.91 Å². The molecule has 0 saturated carbocycles. The van der Waals surface area contributed by atoms with Crippen LogP contribution in [0.1, 0.15) is 32.3 Å². The van der Waals surface area contributed by atoms with Crippen molar-refractivity contribution in [1.82, 2.24) is 10.4 Å². The van der Waals surface area contributed by atoms with Crippen molar-refractivity contribution >= 4 is 11.7 Å². The fraction of sp³-hybridized carbons (Fsp3) is 0.429. The summed E-state index contributed by atoms with van der Waals surface area (Å²) in [6.45, 7) is 4.47. The molecule has 0 atom stereocenters. The number of aromatic hydroxyl groups is 1. The number of hydrazine groups is 1. The van der Waals surface area contributed by atoms with E-state index in [4.69, 9.17) is 0 Å². The number of phenols is 1. The van der Waals surface area contributed by atoms with Gasteiger partial charge in [-0.05, 0) is 12.1 Å².